The molecule has 0 aromatic heterocycles. The number of amides is 1. The number of aliphatic hydroxyl groups excluding tert-OH is 1. The molecule has 2 atom stereocenters. The average molecular weight is 276 g/mol. The summed E-state index contributed by atoms with van der Waals surface area (Å²) >= 11 is 0. The van der Waals surface area contributed by atoms with Crippen molar-refractivity contribution in [3.05, 3.63) is 29.8 Å². The Hall–Kier alpha value is -1.55. The summed E-state index contributed by atoms with van der Waals surface area (Å²) in [5.41, 5.74) is 1.54. The van der Waals surface area contributed by atoms with E-state index in [-0.39, 0.29) is 24.5 Å². The van der Waals surface area contributed by atoms with Crippen LogP contribution in [0.2, 0.25) is 0 Å². The van der Waals surface area contributed by atoms with Crippen molar-refractivity contribution >= 4 is 11.6 Å². The maximum absolute atomic E-state index is 12.4. The Balaban J connectivity index is 2.07. The van der Waals surface area contributed by atoms with Gasteiger partial charge in [0.25, 0.3) is 5.91 Å². The number of anilines is 1. The van der Waals surface area contributed by atoms with Crippen LogP contribution in [-0.4, -0.2) is 30.2 Å². The molecule has 0 heterocycles. The maximum Gasteiger partial charge on any atom is 0.253 e. The number of aliphatic hydroxyl groups is 1. The van der Waals surface area contributed by atoms with Crippen LogP contribution in [0.3, 0.4) is 0 Å². The van der Waals surface area contributed by atoms with Crippen LogP contribution in [0, 0.1) is 5.92 Å². The van der Waals surface area contributed by atoms with Gasteiger partial charge in [-0.1, -0.05) is 25.0 Å². The van der Waals surface area contributed by atoms with Gasteiger partial charge in [-0.25, -0.2) is 0 Å². The number of nitrogens with one attached hydrogen (secondary N) is 2. The van der Waals surface area contributed by atoms with Crippen molar-refractivity contribution in [2.45, 2.75) is 38.6 Å². The van der Waals surface area contributed by atoms with Crippen molar-refractivity contribution < 1.29 is 9.90 Å². The van der Waals surface area contributed by atoms with Gasteiger partial charge in [0.2, 0.25) is 0 Å². The maximum atomic E-state index is 12.4. The van der Waals surface area contributed by atoms with Gasteiger partial charge in [0.15, 0.2) is 0 Å². The van der Waals surface area contributed by atoms with E-state index >= 15 is 0 Å². The molecule has 1 saturated carbocycles. The van der Waals surface area contributed by atoms with Gasteiger partial charge in [-0.3, -0.25) is 4.79 Å². The molecule has 0 spiro atoms. The molecule has 3 N–H and O–H groups in total. The fraction of sp³-hybridized carbons (Fsp3) is 0.562. The van der Waals surface area contributed by atoms with E-state index in [1.807, 2.05) is 31.2 Å². The summed E-state index contributed by atoms with van der Waals surface area (Å²) < 4.78 is 0. The Labute approximate surface area is 120 Å². The van der Waals surface area contributed by atoms with E-state index in [1.54, 1.807) is 0 Å². The highest BCUT2D eigenvalue weighted by Crippen LogP contribution is 2.25. The molecule has 110 valence electrons. The first kappa shape index (κ1) is 14.9. The summed E-state index contributed by atoms with van der Waals surface area (Å²) in [7, 11) is 0. The standard InChI is InChI=1S/C16H24N2O2/c1-2-17-15-10-6-4-8-13(15)16(20)18-14-9-5-3-7-12(14)11-19/h4,6,8,10,12,14,17,19H,2-3,5,7,9,11H2,1H3,(H,18,20). The number of benzene rings is 1. The van der Waals surface area contributed by atoms with Crippen molar-refractivity contribution in [2.75, 3.05) is 18.5 Å². The molecule has 0 saturated heterocycles. The zero-order valence-corrected chi connectivity index (χ0v) is 12.1. The summed E-state index contributed by atoms with van der Waals surface area (Å²) in [6, 6.07) is 7.65. The highest BCUT2D eigenvalue weighted by atomic mass is 16.3. The van der Waals surface area contributed by atoms with Crippen LogP contribution in [-0.2, 0) is 0 Å². The fourth-order valence-electron chi connectivity index (χ4n) is 2.89. The molecular formula is C16H24N2O2. The average Bonchev–Trinajstić information content (AvgIpc) is 2.48. The molecule has 1 aliphatic rings. The molecule has 4 nitrogen and oxygen atoms in total. The number of para-hydroxylation sites is 1. The van der Waals surface area contributed by atoms with E-state index in [0.717, 1.165) is 37.9 Å². The lowest BCUT2D eigenvalue weighted by Gasteiger charge is -2.31. The van der Waals surface area contributed by atoms with Crippen LogP contribution in [0.15, 0.2) is 24.3 Å². The second-order valence-corrected chi connectivity index (χ2v) is 5.38. The Bertz CT molecular complexity index is 448. The highest BCUT2D eigenvalue weighted by molar-refractivity contribution is 5.99. The van der Waals surface area contributed by atoms with E-state index in [1.165, 1.54) is 0 Å². The second-order valence-electron chi connectivity index (χ2n) is 5.38. The Kier molecular flexibility index (Phi) is 5.41. The SMILES string of the molecule is CCNc1ccccc1C(=O)NC1CCCCC1CO. The van der Waals surface area contributed by atoms with Crippen LogP contribution < -0.4 is 10.6 Å². The zero-order valence-electron chi connectivity index (χ0n) is 12.1. The van der Waals surface area contributed by atoms with Gasteiger partial charge >= 0.3 is 0 Å². The van der Waals surface area contributed by atoms with E-state index in [4.69, 9.17) is 0 Å². The van der Waals surface area contributed by atoms with Crippen molar-refractivity contribution in [3.63, 3.8) is 0 Å². The third-order valence-electron chi connectivity index (χ3n) is 4.00. The predicted molar refractivity (Wildman–Crippen MR) is 80.9 cm³/mol. The van der Waals surface area contributed by atoms with Gasteiger partial charge in [-0.2, -0.15) is 0 Å². The summed E-state index contributed by atoms with van der Waals surface area (Å²) in [4.78, 5) is 12.4. The van der Waals surface area contributed by atoms with Gasteiger partial charge in [-0.05, 0) is 31.9 Å². The largest absolute Gasteiger partial charge is 0.396 e. The first-order valence-corrected chi connectivity index (χ1v) is 7.51. The molecule has 1 aromatic rings. The van der Waals surface area contributed by atoms with Crippen molar-refractivity contribution in [2.24, 2.45) is 5.92 Å². The van der Waals surface area contributed by atoms with Gasteiger partial charge < -0.3 is 15.7 Å². The van der Waals surface area contributed by atoms with Crippen molar-refractivity contribution in [1.82, 2.24) is 5.32 Å². The van der Waals surface area contributed by atoms with Crippen LogP contribution in [0.25, 0.3) is 0 Å². The van der Waals surface area contributed by atoms with Crippen LogP contribution >= 0.6 is 0 Å². The third-order valence-corrected chi connectivity index (χ3v) is 4.00. The summed E-state index contributed by atoms with van der Waals surface area (Å²) in [5.74, 6) is 0.144. The van der Waals surface area contributed by atoms with Crippen molar-refractivity contribution in [1.29, 1.82) is 0 Å². The lowest BCUT2D eigenvalue weighted by Crippen LogP contribution is -2.43. The summed E-state index contributed by atoms with van der Waals surface area (Å²) in [6.07, 6.45) is 4.22. The predicted octanol–water partition coefficient (Wildman–Crippen LogP) is 2.40. The molecule has 2 unspecified atom stereocenters. The van der Waals surface area contributed by atoms with E-state index in [2.05, 4.69) is 10.6 Å². The van der Waals surface area contributed by atoms with Crippen molar-refractivity contribution in [3.8, 4) is 0 Å². The zero-order chi connectivity index (χ0) is 14.4. The van der Waals surface area contributed by atoms with Crippen LogP contribution in [0.5, 0.6) is 0 Å². The quantitative estimate of drug-likeness (QED) is 0.774. The first-order chi connectivity index (χ1) is 9.76. The number of carbonyl (C=O) groups is 1. The molecule has 0 bridgehead atoms. The molecule has 1 aliphatic carbocycles. The number of hydrogen-bond donors (Lipinski definition) is 3. The Morgan fingerprint density at radius 2 is 2.05 bits per heavy atom. The Morgan fingerprint density at radius 1 is 1.30 bits per heavy atom. The lowest BCUT2D eigenvalue weighted by atomic mass is 9.85. The summed E-state index contributed by atoms with van der Waals surface area (Å²) in [5, 5.41) is 15.7. The molecule has 0 aliphatic heterocycles. The molecule has 4 heteroatoms. The Morgan fingerprint density at radius 3 is 2.80 bits per heavy atom. The minimum Gasteiger partial charge on any atom is -0.396 e. The molecule has 1 amide bonds. The number of hydrogen-bond acceptors (Lipinski definition) is 3. The smallest absolute Gasteiger partial charge is 0.253 e. The molecule has 0 radical (unpaired) electrons. The van der Waals surface area contributed by atoms with Crippen LogP contribution in [0.1, 0.15) is 43.0 Å². The molecular weight excluding hydrogens is 252 g/mol. The third kappa shape index (κ3) is 3.51. The molecule has 1 aromatic carbocycles. The lowest BCUT2D eigenvalue weighted by molar-refractivity contribution is 0.0873. The topological polar surface area (TPSA) is 61.4 Å². The van der Waals surface area contributed by atoms with E-state index in [9.17, 15) is 9.90 Å². The number of carbonyl (C=O) groups excluding carboxylic acids is 1. The second kappa shape index (κ2) is 7.29. The minimum atomic E-state index is -0.0492. The minimum absolute atomic E-state index is 0.0492. The monoisotopic (exact) mass is 276 g/mol. The highest BCUT2D eigenvalue weighted by Gasteiger charge is 2.26. The fourth-order valence-corrected chi connectivity index (χ4v) is 2.89. The molecule has 1 fully saturated rings. The van der Waals surface area contributed by atoms with Gasteiger partial charge in [0.05, 0.1) is 5.56 Å². The van der Waals surface area contributed by atoms with Crippen LogP contribution in [0.4, 0.5) is 5.69 Å². The summed E-state index contributed by atoms with van der Waals surface area (Å²) in [6.45, 7) is 2.95. The van der Waals surface area contributed by atoms with E-state index in [0.29, 0.717) is 5.56 Å². The first-order valence-electron chi connectivity index (χ1n) is 7.51. The molecule has 20 heavy (non-hydrogen) atoms. The molecule has 2 rings (SSSR count). The van der Waals surface area contributed by atoms with Gasteiger partial charge in [0.1, 0.15) is 0 Å². The van der Waals surface area contributed by atoms with Gasteiger partial charge in [0, 0.05) is 30.8 Å². The van der Waals surface area contributed by atoms with E-state index < -0.39 is 0 Å². The number of rotatable bonds is 5. The van der Waals surface area contributed by atoms with Gasteiger partial charge in [-0.15, -0.1) is 0 Å². The normalized spacial score (nSPS) is 22.3.